The summed E-state index contributed by atoms with van der Waals surface area (Å²) in [6.45, 7) is 5.61. The van der Waals surface area contributed by atoms with E-state index in [1.807, 2.05) is 32.9 Å². The molecule has 0 fully saturated rings. The fourth-order valence-corrected chi connectivity index (χ4v) is 1.52. The van der Waals surface area contributed by atoms with E-state index in [2.05, 4.69) is 0 Å². The fourth-order valence-electron chi connectivity index (χ4n) is 1.52. The summed E-state index contributed by atoms with van der Waals surface area (Å²) in [7, 11) is 0. The molecule has 0 atom stereocenters. The molecule has 0 aromatic heterocycles. The lowest BCUT2D eigenvalue weighted by molar-refractivity contribution is 0.0695. The summed E-state index contributed by atoms with van der Waals surface area (Å²) in [6.07, 6.45) is 0. The summed E-state index contributed by atoms with van der Waals surface area (Å²) < 4.78 is 0. The number of carbonyl (C=O) groups is 1. The standard InChI is InChI=1S/C10H12O2.Al.3H/c1-6-4-7(2)9(10(11)12)8(3)5-6;;;;/h4-5H,1-3H3,(H,11,12);;;;. The summed E-state index contributed by atoms with van der Waals surface area (Å²) in [5.41, 5.74) is 3.20. The van der Waals surface area contributed by atoms with Crippen LogP contribution in [0.5, 0.6) is 0 Å². The van der Waals surface area contributed by atoms with Gasteiger partial charge in [-0.1, -0.05) is 17.7 Å². The van der Waals surface area contributed by atoms with Crippen LogP contribution in [0, 0.1) is 20.8 Å². The molecule has 1 rings (SSSR count). The predicted molar refractivity (Wildman–Crippen MR) is 57.6 cm³/mol. The van der Waals surface area contributed by atoms with Gasteiger partial charge in [0, 0.05) is 0 Å². The van der Waals surface area contributed by atoms with Gasteiger partial charge in [0.2, 0.25) is 0 Å². The van der Waals surface area contributed by atoms with E-state index in [1.54, 1.807) is 0 Å². The number of hydrogen-bond donors (Lipinski definition) is 1. The van der Waals surface area contributed by atoms with Crippen molar-refractivity contribution in [3.8, 4) is 0 Å². The zero-order valence-electron chi connectivity index (χ0n) is 7.51. The Hall–Kier alpha value is -0.778. The zero-order valence-corrected chi connectivity index (χ0v) is 7.51. The lowest BCUT2D eigenvalue weighted by atomic mass is 10.0. The van der Waals surface area contributed by atoms with Gasteiger partial charge in [0.05, 0.1) is 5.56 Å². The zero-order chi connectivity index (χ0) is 9.30. The molecule has 0 amide bonds. The molecule has 0 aliphatic rings. The maximum absolute atomic E-state index is 10.8. The van der Waals surface area contributed by atoms with Crippen molar-refractivity contribution in [3.05, 3.63) is 34.4 Å². The van der Waals surface area contributed by atoms with Crippen LogP contribution in [0.3, 0.4) is 0 Å². The normalized spacial score (nSPS) is 9.15. The van der Waals surface area contributed by atoms with Crippen molar-refractivity contribution in [2.45, 2.75) is 20.8 Å². The molecule has 0 aliphatic carbocycles. The Kier molecular flexibility index (Phi) is 4.19. The van der Waals surface area contributed by atoms with Gasteiger partial charge >= 0.3 is 5.97 Å². The van der Waals surface area contributed by atoms with E-state index in [4.69, 9.17) is 5.11 Å². The van der Waals surface area contributed by atoms with E-state index in [0.29, 0.717) is 5.56 Å². The first-order valence-corrected chi connectivity index (χ1v) is 3.83. The number of carboxylic acids is 1. The van der Waals surface area contributed by atoms with Gasteiger partial charge in [0.1, 0.15) is 0 Å². The Balaban J connectivity index is 0.00000144. The molecule has 0 radical (unpaired) electrons. The highest BCUT2D eigenvalue weighted by Gasteiger charge is 2.09. The van der Waals surface area contributed by atoms with E-state index in [1.165, 1.54) is 0 Å². The molecule has 0 saturated carbocycles. The van der Waals surface area contributed by atoms with Crippen molar-refractivity contribution < 1.29 is 9.90 Å². The van der Waals surface area contributed by atoms with Crippen molar-refractivity contribution in [2.24, 2.45) is 0 Å². The molecule has 1 N–H and O–H groups in total. The molecule has 0 unspecified atom stereocenters. The number of aromatic carboxylic acids is 1. The van der Waals surface area contributed by atoms with Crippen molar-refractivity contribution in [2.75, 3.05) is 0 Å². The van der Waals surface area contributed by atoms with E-state index in [-0.39, 0.29) is 17.4 Å². The molecular formula is C10H15AlO2. The number of rotatable bonds is 1. The molecule has 0 saturated heterocycles. The highest BCUT2D eigenvalue weighted by molar-refractivity contribution is 5.91. The average molecular weight is 194 g/mol. The van der Waals surface area contributed by atoms with Crippen molar-refractivity contribution in [1.29, 1.82) is 0 Å². The molecule has 0 aliphatic heterocycles. The third-order valence-electron chi connectivity index (χ3n) is 1.89. The monoisotopic (exact) mass is 194 g/mol. The average Bonchev–Trinajstić information content (AvgIpc) is 1.82. The largest absolute Gasteiger partial charge is 0.478 e. The van der Waals surface area contributed by atoms with Crippen LogP contribution in [0.1, 0.15) is 27.0 Å². The molecule has 3 heteroatoms. The summed E-state index contributed by atoms with van der Waals surface area (Å²) in [5, 5.41) is 8.84. The second kappa shape index (κ2) is 4.46. The second-order valence-electron chi connectivity index (χ2n) is 3.08. The lowest BCUT2D eigenvalue weighted by Crippen LogP contribution is -2.03. The quantitative estimate of drug-likeness (QED) is 0.680. The third kappa shape index (κ3) is 2.58. The Morgan fingerprint density at radius 2 is 1.54 bits per heavy atom. The number of hydrogen-bond acceptors (Lipinski definition) is 1. The molecule has 13 heavy (non-hydrogen) atoms. The number of carboxylic acid groups (broad SMARTS) is 1. The van der Waals surface area contributed by atoms with Crippen LogP contribution in [0.15, 0.2) is 12.1 Å². The van der Waals surface area contributed by atoms with Crippen LogP contribution in [0.25, 0.3) is 0 Å². The maximum Gasteiger partial charge on any atom is 0.336 e. The van der Waals surface area contributed by atoms with Crippen molar-refractivity contribution in [1.82, 2.24) is 0 Å². The Bertz CT molecular complexity index is 309. The fraction of sp³-hybridized carbons (Fsp3) is 0.300. The van der Waals surface area contributed by atoms with E-state index in [9.17, 15) is 4.79 Å². The number of aryl methyl sites for hydroxylation is 3. The highest BCUT2D eigenvalue weighted by atomic mass is 27.0. The Labute approximate surface area is 88.7 Å². The maximum atomic E-state index is 10.8. The third-order valence-corrected chi connectivity index (χ3v) is 1.89. The van der Waals surface area contributed by atoms with Crippen LogP contribution in [0.2, 0.25) is 0 Å². The van der Waals surface area contributed by atoms with Crippen molar-refractivity contribution in [3.63, 3.8) is 0 Å². The Morgan fingerprint density at radius 3 is 1.85 bits per heavy atom. The van der Waals surface area contributed by atoms with Crippen LogP contribution in [0.4, 0.5) is 0 Å². The molecule has 0 heterocycles. The Morgan fingerprint density at radius 1 is 1.15 bits per heavy atom. The minimum atomic E-state index is -0.843. The molecule has 2 nitrogen and oxygen atoms in total. The number of benzene rings is 1. The molecule has 70 valence electrons. The van der Waals surface area contributed by atoms with Gasteiger partial charge in [-0.15, -0.1) is 0 Å². The lowest BCUT2D eigenvalue weighted by Gasteiger charge is -2.05. The first kappa shape index (κ1) is 12.2. The molecular weight excluding hydrogens is 179 g/mol. The van der Waals surface area contributed by atoms with Gasteiger partial charge in [-0.2, -0.15) is 0 Å². The first-order chi connectivity index (χ1) is 5.52. The first-order valence-electron chi connectivity index (χ1n) is 3.83. The van der Waals surface area contributed by atoms with Crippen LogP contribution in [-0.4, -0.2) is 28.4 Å². The van der Waals surface area contributed by atoms with Gasteiger partial charge in [-0.05, 0) is 31.9 Å². The molecule has 1 aromatic rings. The SMILES string of the molecule is Cc1cc(C)c(C(=O)O)c(C)c1.[AlH3]. The summed E-state index contributed by atoms with van der Waals surface area (Å²) in [6, 6.07) is 3.77. The smallest absolute Gasteiger partial charge is 0.336 e. The van der Waals surface area contributed by atoms with Gasteiger partial charge in [0.15, 0.2) is 17.4 Å². The topological polar surface area (TPSA) is 37.3 Å². The van der Waals surface area contributed by atoms with Gasteiger partial charge < -0.3 is 5.11 Å². The highest BCUT2D eigenvalue weighted by Crippen LogP contribution is 2.15. The van der Waals surface area contributed by atoms with Crippen LogP contribution >= 0.6 is 0 Å². The summed E-state index contributed by atoms with van der Waals surface area (Å²) in [4.78, 5) is 10.8. The van der Waals surface area contributed by atoms with Crippen LogP contribution < -0.4 is 0 Å². The second-order valence-corrected chi connectivity index (χ2v) is 3.08. The van der Waals surface area contributed by atoms with Gasteiger partial charge in [-0.25, -0.2) is 4.79 Å². The van der Waals surface area contributed by atoms with Crippen LogP contribution in [-0.2, 0) is 0 Å². The molecule has 1 aromatic carbocycles. The van der Waals surface area contributed by atoms with E-state index >= 15 is 0 Å². The van der Waals surface area contributed by atoms with E-state index in [0.717, 1.165) is 16.7 Å². The predicted octanol–water partition coefficient (Wildman–Crippen LogP) is 1.13. The molecule has 0 spiro atoms. The van der Waals surface area contributed by atoms with Gasteiger partial charge in [-0.3, -0.25) is 0 Å². The summed E-state index contributed by atoms with van der Waals surface area (Å²) >= 11 is 0. The van der Waals surface area contributed by atoms with Gasteiger partial charge in [0.25, 0.3) is 0 Å². The summed E-state index contributed by atoms with van der Waals surface area (Å²) in [5.74, 6) is -0.843. The van der Waals surface area contributed by atoms with Crippen molar-refractivity contribution >= 4 is 23.3 Å². The molecule has 0 bridgehead atoms. The minimum Gasteiger partial charge on any atom is -0.478 e. The minimum absolute atomic E-state index is 0. The van der Waals surface area contributed by atoms with E-state index < -0.39 is 5.97 Å².